The van der Waals surface area contributed by atoms with Crippen molar-refractivity contribution in [2.24, 2.45) is 17.6 Å². The van der Waals surface area contributed by atoms with E-state index >= 15 is 0 Å². The summed E-state index contributed by atoms with van der Waals surface area (Å²) in [5.74, 6) is 1.39. The molecule has 0 aromatic carbocycles. The average Bonchev–Trinajstić information content (AvgIpc) is 2.03. The van der Waals surface area contributed by atoms with Crippen LogP contribution in [-0.4, -0.2) is 27.0 Å². The molecule has 0 bridgehead atoms. The zero-order valence-electron chi connectivity index (χ0n) is 8.61. The first kappa shape index (κ1) is 14.2. The summed E-state index contributed by atoms with van der Waals surface area (Å²) in [6, 6.07) is 0. The van der Waals surface area contributed by atoms with Crippen LogP contribution in [0.4, 0.5) is 0 Å². The Kier molecular flexibility index (Phi) is 6.02. The Morgan fingerprint density at radius 2 is 1.57 bits per heavy atom. The maximum Gasteiger partial charge on any atom is 0.147 e. The zero-order valence-corrected chi connectivity index (χ0v) is 10.2. The summed E-state index contributed by atoms with van der Waals surface area (Å²) < 4.78 is 22.1. The molecule has 1 saturated carbocycles. The first-order chi connectivity index (χ1) is 6.01. The molecular weight excluding hydrogens is 222 g/mol. The Labute approximate surface area is 92.8 Å². The minimum absolute atomic E-state index is 0. The number of sulfone groups is 1. The summed E-state index contributed by atoms with van der Waals surface area (Å²) in [5.41, 5.74) is 5.56. The minimum Gasteiger partial charge on any atom is -0.330 e. The van der Waals surface area contributed by atoms with Gasteiger partial charge in [-0.05, 0) is 44.1 Å². The standard InChI is InChI=1S/C9H19NO2S.ClH/c1-13(11,12)7-9-4-2-8(6-10)3-5-9;/h8-9H,2-7,10H2,1H3;1H. The van der Waals surface area contributed by atoms with E-state index in [1.807, 2.05) is 0 Å². The highest BCUT2D eigenvalue weighted by Gasteiger charge is 2.22. The van der Waals surface area contributed by atoms with Crippen LogP contribution in [0.5, 0.6) is 0 Å². The molecule has 0 aromatic heterocycles. The molecule has 14 heavy (non-hydrogen) atoms. The van der Waals surface area contributed by atoms with E-state index in [0.717, 1.165) is 32.2 Å². The third-order valence-electron chi connectivity index (χ3n) is 2.84. The van der Waals surface area contributed by atoms with Crippen LogP contribution < -0.4 is 5.73 Å². The summed E-state index contributed by atoms with van der Waals surface area (Å²) in [5, 5.41) is 0. The van der Waals surface area contributed by atoms with Gasteiger partial charge < -0.3 is 5.73 Å². The van der Waals surface area contributed by atoms with Crippen LogP contribution >= 0.6 is 12.4 Å². The Morgan fingerprint density at radius 3 is 1.93 bits per heavy atom. The molecule has 0 amide bonds. The number of hydrogen-bond acceptors (Lipinski definition) is 3. The lowest BCUT2D eigenvalue weighted by atomic mass is 9.83. The second-order valence-electron chi connectivity index (χ2n) is 4.21. The molecule has 1 fully saturated rings. The van der Waals surface area contributed by atoms with Gasteiger partial charge in [-0.15, -0.1) is 12.4 Å². The smallest absolute Gasteiger partial charge is 0.147 e. The van der Waals surface area contributed by atoms with Crippen molar-refractivity contribution >= 4 is 22.2 Å². The SMILES string of the molecule is CS(=O)(=O)CC1CCC(CN)CC1.Cl. The summed E-state index contributed by atoms with van der Waals surface area (Å²) >= 11 is 0. The Bertz CT molecular complexity index is 246. The monoisotopic (exact) mass is 241 g/mol. The molecule has 0 atom stereocenters. The summed E-state index contributed by atoms with van der Waals surface area (Å²) in [6.07, 6.45) is 5.61. The van der Waals surface area contributed by atoms with Gasteiger partial charge in [-0.3, -0.25) is 0 Å². The van der Waals surface area contributed by atoms with E-state index in [-0.39, 0.29) is 12.4 Å². The molecule has 0 radical (unpaired) electrons. The Hall–Kier alpha value is 0.200. The molecule has 2 N–H and O–H groups in total. The number of nitrogens with two attached hydrogens (primary N) is 1. The molecule has 86 valence electrons. The molecule has 1 rings (SSSR count). The van der Waals surface area contributed by atoms with Crippen molar-refractivity contribution in [3.05, 3.63) is 0 Å². The second-order valence-corrected chi connectivity index (χ2v) is 6.40. The Balaban J connectivity index is 0.00000169. The van der Waals surface area contributed by atoms with Gasteiger partial charge in [0, 0.05) is 6.26 Å². The topological polar surface area (TPSA) is 60.2 Å². The van der Waals surface area contributed by atoms with E-state index in [0.29, 0.717) is 17.6 Å². The van der Waals surface area contributed by atoms with E-state index in [9.17, 15) is 8.42 Å². The van der Waals surface area contributed by atoms with E-state index < -0.39 is 9.84 Å². The van der Waals surface area contributed by atoms with Crippen molar-refractivity contribution in [1.29, 1.82) is 0 Å². The van der Waals surface area contributed by atoms with E-state index in [2.05, 4.69) is 0 Å². The van der Waals surface area contributed by atoms with Crippen LogP contribution in [-0.2, 0) is 9.84 Å². The predicted octanol–water partition coefficient (Wildman–Crippen LogP) is 1.22. The highest BCUT2D eigenvalue weighted by atomic mass is 35.5. The zero-order chi connectivity index (χ0) is 9.90. The highest BCUT2D eigenvalue weighted by Crippen LogP contribution is 2.28. The molecule has 0 aromatic rings. The minimum atomic E-state index is -2.78. The normalized spacial score (nSPS) is 28.1. The third-order valence-corrected chi connectivity index (χ3v) is 3.92. The second kappa shape index (κ2) is 5.93. The van der Waals surface area contributed by atoms with Crippen molar-refractivity contribution in [3.8, 4) is 0 Å². The third kappa shape index (κ3) is 5.17. The van der Waals surface area contributed by atoms with Gasteiger partial charge in [0.1, 0.15) is 9.84 Å². The predicted molar refractivity (Wildman–Crippen MR) is 61.5 cm³/mol. The molecular formula is C9H20ClNO2S. The van der Waals surface area contributed by atoms with Gasteiger partial charge in [-0.25, -0.2) is 8.42 Å². The molecule has 3 nitrogen and oxygen atoms in total. The van der Waals surface area contributed by atoms with Crippen LogP contribution in [0, 0.1) is 11.8 Å². The molecule has 5 heteroatoms. The lowest BCUT2D eigenvalue weighted by molar-refractivity contribution is 0.297. The number of halogens is 1. The van der Waals surface area contributed by atoms with Crippen LogP contribution in [0.1, 0.15) is 25.7 Å². The fourth-order valence-electron chi connectivity index (χ4n) is 2.06. The van der Waals surface area contributed by atoms with Crippen LogP contribution in [0.3, 0.4) is 0 Å². The van der Waals surface area contributed by atoms with Crippen molar-refractivity contribution in [3.63, 3.8) is 0 Å². The van der Waals surface area contributed by atoms with E-state index in [1.54, 1.807) is 0 Å². The molecule has 0 aliphatic heterocycles. The number of hydrogen-bond donors (Lipinski definition) is 1. The van der Waals surface area contributed by atoms with Gasteiger partial charge in [0.2, 0.25) is 0 Å². The fraction of sp³-hybridized carbons (Fsp3) is 1.00. The first-order valence-electron chi connectivity index (χ1n) is 4.89. The fourth-order valence-corrected chi connectivity index (χ4v) is 3.25. The van der Waals surface area contributed by atoms with Crippen molar-refractivity contribution in [2.45, 2.75) is 25.7 Å². The molecule has 1 aliphatic carbocycles. The average molecular weight is 242 g/mol. The van der Waals surface area contributed by atoms with Crippen molar-refractivity contribution in [2.75, 3.05) is 18.6 Å². The van der Waals surface area contributed by atoms with E-state index in [4.69, 9.17) is 5.73 Å². The maximum absolute atomic E-state index is 11.0. The Morgan fingerprint density at radius 1 is 1.14 bits per heavy atom. The van der Waals surface area contributed by atoms with Gasteiger partial charge in [-0.2, -0.15) is 0 Å². The maximum atomic E-state index is 11.0. The largest absolute Gasteiger partial charge is 0.330 e. The van der Waals surface area contributed by atoms with Crippen LogP contribution in [0.25, 0.3) is 0 Å². The number of rotatable bonds is 3. The van der Waals surface area contributed by atoms with Crippen LogP contribution in [0.2, 0.25) is 0 Å². The van der Waals surface area contributed by atoms with Gasteiger partial charge in [0.15, 0.2) is 0 Å². The van der Waals surface area contributed by atoms with Gasteiger partial charge in [0.05, 0.1) is 5.75 Å². The van der Waals surface area contributed by atoms with Gasteiger partial charge in [-0.1, -0.05) is 0 Å². The molecule has 0 unspecified atom stereocenters. The van der Waals surface area contributed by atoms with Gasteiger partial charge >= 0.3 is 0 Å². The van der Waals surface area contributed by atoms with Gasteiger partial charge in [0.25, 0.3) is 0 Å². The molecule has 0 spiro atoms. The van der Waals surface area contributed by atoms with Crippen LogP contribution in [0.15, 0.2) is 0 Å². The summed E-state index contributed by atoms with van der Waals surface area (Å²) in [7, 11) is -2.78. The van der Waals surface area contributed by atoms with Crippen molar-refractivity contribution in [1.82, 2.24) is 0 Å². The highest BCUT2D eigenvalue weighted by molar-refractivity contribution is 7.90. The quantitative estimate of drug-likeness (QED) is 0.808. The molecule has 0 saturated heterocycles. The summed E-state index contributed by atoms with van der Waals surface area (Å²) in [4.78, 5) is 0. The van der Waals surface area contributed by atoms with E-state index in [1.165, 1.54) is 6.26 Å². The summed E-state index contributed by atoms with van der Waals surface area (Å²) in [6.45, 7) is 0.756. The lowest BCUT2D eigenvalue weighted by Gasteiger charge is -2.26. The first-order valence-corrected chi connectivity index (χ1v) is 6.95. The van der Waals surface area contributed by atoms with Crippen molar-refractivity contribution < 1.29 is 8.42 Å². The molecule has 1 aliphatic rings. The molecule has 0 heterocycles. The lowest BCUT2D eigenvalue weighted by Crippen LogP contribution is -2.25.